The summed E-state index contributed by atoms with van der Waals surface area (Å²) in [6.45, 7) is 1.95. The van der Waals surface area contributed by atoms with Crippen LogP contribution in [0.5, 0.6) is 0 Å². The van der Waals surface area contributed by atoms with Crippen LogP contribution in [0.15, 0.2) is 29.6 Å². The van der Waals surface area contributed by atoms with Crippen LogP contribution in [0.25, 0.3) is 10.6 Å². The van der Waals surface area contributed by atoms with E-state index in [2.05, 4.69) is 32.3 Å². The van der Waals surface area contributed by atoms with Gasteiger partial charge in [0.05, 0.1) is 16.3 Å². The highest BCUT2D eigenvalue weighted by Crippen LogP contribution is 2.34. The molecule has 2 aromatic heterocycles. The second kappa shape index (κ2) is 5.94. The molecule has 0 radical (unpaired) electrons. The maximum atomic E-state index is 5.75. The van der Waals surface area contributed by atoms with Crippen LogP contribution in [-0.4, -0.2) is 24.1 Å². The molecule has 0 fully saturated rings. The van der Waals surface area contributed by atoms with Crippen LogP contribution < -0.4 is 16.0 Å². The second-order valence-corrected chi connectivity index (χ2v) is 6.96. The number of nitrogens with two attached hydrogens (primary N) is 1. The van der Waals surface area contributed by atoms with Gasteiger partial charge >= 0.3 is 0 Å². The third kappa shape index (κ3) is 3.05. The standard InChI is InChI=1S/C15H17N5S2/c1-9-13(22-14(16)17-9)12-8-21-15(19-12)18-10-4-6-11(7-5-10)20(2)3/h4-8H,1-3H3,(H2,16,17)(H,18,19). The predicted octanol–water partition coefficient (Wildman–Crippen LogP) is 3.97. The van der Waals surface area contributed by atoms with Crippen LogP contribution >= 0.6 is 22.7 Å². The van der Waals surface area contributed by atoms with Crippen LogP contribution in [0, 0.1) is 6.92 Å². The minimum atomic E-state index is 0.578. The summed E-state index contributed by atoms with van der Waals surface area (Å²) < 4.78 is 0. The number of nitrogen functional groups attached to an aromatic ring is 1. The summed E-state index contributed by atoms with van der Waals surface area (Å²) in [7, 11) is 4.05. The summed E-state index contributed by atoms with van der Waals surface area (Å²) in [5.74, 6) is 0. The Bertz CT molecular complexity index is 774. The van der Waals surface area contributed by atoms with Gasteiger partial charge in [-0.25, -0.2) is 9.97 Å². The summed E-state index contributed by atoms with van der Waals surface area (Å²) in [6, 6.07) is 8.24. The number of nitrogens with zero attached hydrogens (tertiary/aromatic N) is 3. The molecule has 0 spiro atoms. The molecule has 0 amide bonds. The molecule has 2 heterocycles. The zero-order chi connectivity index (χ0) is 15.7. The van der Waals surface area contributed by atoms with Crippen molar-refractivity contribution in [3.05, 3.63) is 35.3 Å². The van der Waals surface area contributed by atoms with E-state index in [0.29, 0.717) is 5.13 Å². The molecule has 0 atom stereocenters. The van der Waals surface area contributed by atoms with Crippen molar-refractivity contribution in [3.8, 4) is 10.6 Å². The molecule has 0 saturated carbocycles. The lowest BCUT2D eigenvalue weighted by molar-refractivity contribution is 1.13. The molecule has 0 aliphatic carbocycles. The molecule has 3 aromatic rings. The summed E-state index contributed by atoms with van der Waals surface area (Å²) in [6.07, 6.45) is 0. The minimum absolute atomic E-state index is 0.578. The van der Waals surface area contributed by atoms with E-state index in [9.17, 15) is 0 Å². The van der Waals surface area contributed by atoms with Crippen molar-refractivity contribution in [3.63, 3.8) is 0 Å². The number of benzene rings is 1. The molecule has 3 N–H and O–H groups in total. The summed E-state index contributed by atoms with van der Waals surface area (Å²) in [5, 5.41) is 6.79. The van der Waals surface area contributed by atoms with Crippen molar-refractivity contribution in [2.45, 2.75) is 6.92 Å². The van der Waals surface area contributed by atoms with Gasteiger partial charge in [-0.05, 0) is 31.2 Å². The van der Waals surface area contributed by atoms with Gasteiger partial charge in [0.2, 0.25) is 0 Å². The first-order chi connectivity index (χ1) is 10.5. The Morgan fingerprint density at radius 1 is 1.14 bits per heavy atom. The van der Waals surface area contributed by atoms with E-state index < -0.39 is 0 Å². The molecule has 0 aliphatic rings. The quantitative estimate of drug-likeness (QED) is 0.757. The Kier molecular flexibility index (Phi) is 4.00. The van der Waals surface area contributed by atoms with Crippen molar-refractivity contribution in [2.75, 3.05) is 30.0 Å². The number of aryl methyl sites for hydroxylation is 1. The number of hydrogen-bond acceptors (Lipinski definition) is 7. The molecule has 7 heteroatoms. The van der Waals surface area contributed by atoms with Gasteiger partial charge in [-0.1, -0.05) is 11.3 Å². The van der Waals surface area contributed by atoms with Gasteiger partial charge in [-0.3, -0.25) is 0 Å². The minimum Gasteiger partial charge on any atom is -0.378 e. The average molecular weight is 331 g/mol. The second-order valence-electron chi connectivity index (χ2n) is 5.07. The van der Waals surface area contributed by atoms with Gasteiger partial charge in [0, 0.05) is 30.9 Å². The molecule has 1 aromatic carbocycles. The number of hydrogen-bond donors (Lipinski definition) is 2. The Hall–Kier alpha value is -2.12. The molecular weight excluding hydrogens is 314 g/mol. The van der Waals surface area contributed by atoms with Crippen LogP contribution in [0.3, 0.4) is 0 Å². The molecule has 0 saturated heterocycles. The molecule has 5 nitrogen and oxygen atoms in total. The van der Waals surface area contributed by atoms with Crippen LogP contribution in [0.1, 0.15) is 5.69 Å². The fraction of sp³-hybridized carbons (Fsp3) is 0.200. The first kappa shape index (κ1) is 14.8. The normalized spacial score (nSPS) is 10.7. The van der Waals surface area contributed by atoms with Gasteiger partial charge < -0.3 is 16.0 Å². The van der Waals surface area contributed by atoms with Crippen molar-refractivity contribution in [1.82, 2.24) is 9.97 Å². The van der Waals surface area contributed by atoms with E-state index in [1.165, 1.54) is 17.0 Å². The third-order valence-electron chi connectivity index (χ3n) is 3.18. The van der Waals surface area contributed by atoms with Gasteiger partial charge in [-0.15, -0.1) is 11.3 Å². The fourth-order valence-electron chi connectivity index (χ4n) is 2.06. The Labute approximate surface area is 137 Å². The van der Waals surface area contributed by atoms with E-state index >= 15 is 0 Å². The van der Waals surface area contributed by atoms with Crippen LogP contribution in [0.2, 0.25) is 0 Å². The highest BCUT2D eigenvalue weighted by atomic mass is 32.1. The first-order valence-electron chi connectivity index (χ1n) is 6.76. The van der Waals surface area contributed by atoms with E-state index in [1.807, 2.05) is 38.5 Å². The number of aromatic nitrogens is 2. The number of thiazole rings is 2. The highest BCUT2D eigenvalue weighted by molar-refractivity contribution is 7.19. The lowest BCUT2D eigenvalue weighted by atomic mass is 10.2. The molecule has 3 rings (SSSR count). The van der Waals surface area contributed by atoms with Crippen LogP contribution in [-0.2, 0) is 0 Å². The van der Waals surface area contributed by atoms with Crippen molar-refractivity contribution >= 4 is 44.3 Å². The van der Waals surface area contributed by atoms with E-state index in [-0.39, 0.29) is 0 Å². The molecular formula is C15H17N5S2. The van der Waals surface area contributed by atoms with E-state index in [0.717, 1.165) is 27.1 Å². The maximum absolute atomic E-state index is 5.75. The molecule has 0 bridgehead atoms. The van der Waals surface area contributed by atoms with Gasteiger partial charge in [0.25, 0.3) is 0 Å². The fourth-order valence-corrected chi connectivity index (χ4v) is 3.65. The van der Waals surface area contributed by atoms with Gasteiger partial charge in [0.15, 0.2) is 10.3 Å². The molecule has 0 unspecified atom stereocenters. The highest BCUT2D eigenvalue weighted by Gasteiger charge is 2.12. The van der Waals surface area contributed by atoms with Crippen molar-refractivity contribution < 1.29 is 0 Å². The van der Waals surface area contributed by atoms with Gasteiger partial charge in [-0.2, -0.15) is 0 Å². The third-order valence-corrected chi connectivity index (χ3v) is 4.95. The van der Waals surface area contributed by atoms with Crippen molar-refractivity contribution in [1.29, 1.82) is 0 Å². The van der Waals surface area contributed by atoms with E-state index in [1.54, 1.807) is 11.3 Å². The summed E-state index contributed by atoms with van der Waals surface area (Å²) in [5.41, 5.74) is 9.78. The Balaban J connectivity index is 1.78. The zero-order valence-corrected chi connectivity index (χ0v) is 14.3. The summed E-state index contributed by atoms with van der Waals surface area (Å²) >= 11 is 3.04. The lowest BCUT2D eigenvalue weighted by Crippen LogP contribution is -2.08. The van der Waals surface area contributed by atoms with Crippen LogP contribution in [0.4, 0.5) is 21.6 Å². The molecule has 22 heavy (non-hydrogen) atoms. The SMILES string of the molecule is Cc1nc(N)sc1-c1csc(Nc2ccc(N(C)C)cc2)n1. The van der Waals surface area contributed by atoms with Crippen molar-refractivity contribution in [2.24, 2.45) is 0 Å². The molecule has 114 valence electrons. The Morgan fingerprint density at radius 3 is 2.45 bits per heavy atom. The van der Waals surface area contributed by atoms with Gasteiger partial charge in [0.1, 0.15) is 0 Å². The lowest BCUT2D eigenvalue weighted by Gasteiger charge is -2.12. The number of anilines is 4. The number of nitrogens with one attached hydrogen (secondary N) is 1. The summed E-state index contributed by atoms with van der Waals surface area (Å²) in [4.78, 5) is 12.0. The Morgan fingerprint density at radius 2 is 1.86 bits per heavy atom. The maximum Gasteiger partial charge on any atom is 0.187 e. The monoisotopic (exact) mass is 331 g/mol. The average Bonchev–Trinajstić information content (AvgIpc) is 3.06. The smallest absolute Gasteiger partial charge is 0.187 e. The number of rotatable bonds is 4. The van der Waals surface area contributed by atoms with E-state index in [4.69, 9.17) is 5.73 Å². The molecule has 0 aliphatic heterocycles. The first-order valence-corrected chi connectivity index (χ1v) is 8.46. The topological polar surface area (TPSA) is 67.1 Å². The largest absolute Gasteiger partial charge is 0.378 e. The zero-order valence-electron chi connectivity index (χ0n) is 12.6. The predicted molar refractivity (Wildman–Crippen MR) is 96.4 cm³/mol.